The zero-order valence-electron chi connectivity index (χ0n) is 12.7. The summed E-state index contributed by atoms with van der Waals surface area (Å²) in [5.74, 6) is -0.766. The molecule has 0 bridgehead atoms. The van der Waals surface area contributed by atoms with Gasteiger partial charge in [0, 0.05) is 18.0 Å². The fourth-order valence-corrected chi connectivity index (χ4v) is 2.16. The molecule has 1 heterocycles. The largest absolute Gasteiger partial charge is 0.368 e. The Morgan fingerprint density at radius 3 is 2.38 bits per heavy atom. The lowest BCUT2D eigenvalue weighted by Gasteiger charge is -2.15. The molecule has 0 aromatic carbocycles. The normalized spacial score (nSPS) is 11.9. The van der Waals surface area contributed by atoms with Gasteiger partial charge in [0.05, 0.1) is 0 Å². The first-order valence-electron chi connectivity index (χ1n) is 7.65. The molecule has 3 N–H and O–H groups in total. The number of unbranched alkanes of at least 4 members (excludes halogenated alkanes) is 5. The summed E-state index contributed by atoms with van der Waals surface area (Å²) >= 11 is 0. The summed E-state index contributed by atoms with van der Waals surface area (Å²) in [5.41, 5.74) is 5.84. The Morgan fingerprint density at radius 1 is 1.14 bits per heavy atom. The molecule has 5 heteroatoms. The van der Waals surface area contributed by atoms with Crippen LogP contribution in [-0.2, 0) is 4.79 Å². The Hall–Kier alpha value is -1.91. The molecule has 0 unspecified atom stereocenters. The third-order valence-corrected chi connectivity index (χ3v) is 3.44. The number of carbonyl (C=O) groups is 2. The molecule has 0 saturated carbocycles. The maximum absolute atomic E-state index is 12.0. The van der Waals surface area contributed by atoms with Gasteiger partial charge in [0.2, 0.25) is 5.91 Å². The van der Waals surface area contributed by atoms with E-state index in [1.165, 1.54) is 19.3 Å². The molecule has 5 nitrogen and oxygen atoms in total. The molecule has 0 radical (unpaired) electrons. The molecule has 0 fully saturated rings. The van der Waals surface area contributed by atoms with Gasteiger partial charge in [-0.1, -0.05) is 45.4 Å². The first-order chi connectivity index (χ1) is 10.1. The van der Waals surface area contributed by atoms with Crippen LogP contribution in [0.25, 0.3) is 0 Å². The van der Waals surface area contributed by atoms with Gasteiger partial charge in [0.15, 0.2) is 0 Å². The smallest absolute Gasteiger partial charge is 0.252 e. The highest BCUT2D eigenvalue weighted by Crippen LogP contribution is 2.09. The molecule has 0 saturated heterocycles. The van der Waals surface area contributed by atoms with E-state index in [4.69, 9.17) is 5.73 Å². The summed E-state index contributed by atoms with van der Waals surface area (Å²) in [4.78, 5) is 27.3. The summed E-state index contributed by atoms with van der Waals surface area (Å²) in [6.07, 6.45) is 10.5. The summed E-state index contributed by atoms with van der Waals surface area (Å²) in [7, 11) is 0. The Kier molecular flexibility index (Phi) is 8.09. The minimum Gasteiger partial charge on any atom is -0.368 e. The topological polar surface area (TPSA) is 85.1 Å². The van der Waals surface area contributed by atoms with Crippen LogP contribution in [0.3, 0.4) is 0 Å². The first kappa shape index (κ1) is 17.1. The van der Waals surface area contributed by atoms with Gasteiger partial charge in [-0.3, -0.25) is 14.6 Å². The summed E-state index contributed by atoms with van der Waals surface area (Å²) in [6, 6.07) is 2.62. The standard InChI is InChI=1S/C16H25N3O2/c1-2-3-4-5-6-7-8-14(15(17)20)19-16(21)13-9-11-18-12-10-13/h9-12,14H,2-8H2,1H3,(H2,17,20)(H,19,21)/t14-/m0/s1. The minimum absolute atomic E-state index is 0.285. The molecule has 21 heavy (non-hydrogen) atoms. The van der Waals surface area contributed by atoms with Gasteiger partial charge in [0.25, 0.3) is 5.91 Å². The summed E-state index contributed by atoms with van der Waals surface area (Å²) in [6.45, 7) is 2.18. The van der Waals surface area contributed by atoms with Gasteiger partial charge in [0.1, 0.15) is 6.04 Å². The van der Waals surface area contributed by atoms with E-state index in [1.807, 2.05) is 0 Å². The zero-order chi connectivity index (χ0) is 15.5. The number of nitrogens with one attached hydrogen (secondary N) is 1. The van der Waals surface area contributed by atoms with Gasteiger partial charge >= 0.3 is 0 Å². The van der Waals surface area contributed by atoms with Gasteiger partial charge < -0.3 is 11.1 Å². The fourth-order valence-electron chi connectivity index (χ4n) is 2.16. The number of carbonyl (C=O) groups excluding carboxylic acids is 2. The second-order valence-electron chi connectivity index (χ2n) is 5.22. The zero-order valence-corrected chi connectivity index (χ0v) is 12.7. The van der Waals surface area contributed by atoms with E-state index in [-0.39, 0.29) is 5.91 Å². The lowest BCUT2D eigenvalue weighted by molar-refractivity contribution is -0.120. The van der Waals surface area contributed by atoms with Crippen molar-refractivity contribution in [3.63, 3.8) is 0 Å². The Labute approximate surface area is 126 Å². The number of rotatable bonds is 10. The average molecular weight is 291 g/mol. The lowest BCUT2D eigenvalue weighted by Crippen LogP contribution is -2.44. The van der Waals surface area contributed by atoms with Crippen molar-refractivity contribution in [1.29, 1.82) is 0 Å². The third-order valence-electron chi connectivity index (χ3n) is 3.44. The Morgan fingerprint density at radius 2 is 1.76 bits per heavy atom. The van der Waals surface area contributed by atoms with E-state index in [2.05, 4.69) is 17.2 Å². The van der Waals surface area contributed by atoms with Crippen LogP contribution >= 0.6 is 0 Å². The second kappa shape index (κ2) is 9.91. The highest BCUT2D eigenvalue weighted by Gasteiger charge is 2.18. The number of hydrogen-bond donors (Lipinski definition) is 2. The van der Waals surface area contributed by atoms with Crippen molar-refractivity contribution in [2.75, 3.05) is 0 Å². The minimum atomic E-state index is -0.600. The molecule has 1 aromatic rings. The molecule has 0 spiro atoms. The summed E-state index contributed by atoms with van der Waals surface area (Å²) < 4.78 is 0. The van der Waals surface area contributed by atoms with Crippen LogP contribution in [0.4, 0.5) is 0 Å². The first-order valence-corrected chi connectivity index (χ1v) is 7.65. The van der Waals surface area contributed by atoms with Gasteiger partial charge in [-0.05, 0) is 18.6 Å². The van der Waals surface area contributed by atoms with E-state index in [1.54, 1.807) is 24.5 Å². The van der Waals surface area contributed by atoms with Gasteiger partial charge in [-0.2, -0.15) is 0 Å². The molecular weight excluding hydrogens is 266 g/mol. The van der Waals surface area contributed by atoms with Crippen LogP contribution in [0.1, 0.15) is 62.2 Å². The molecule has 1 rings (SSSR count). The van der Waals surface area contributed by atoms with E-state index in [9.17, 15) is 9.59 Å². The van der Waals surface area contributed by atoms with Crippen molar-refractivity contribution in [2.24, 2.45) is 5.73 Å². The highest BCUT2D eigenvalue weighted by atomic mass is 16.2. The number of primary amides is 1. The quantitative estimate of drug-likeness (QED) is 0.649. The van der Waals surface area contributed by atoms with Crippen molar-refractivity contribution in [3.8, 4) is 0 Å². The Balaban J connectivity index is 2.36. The van der Waals surface area contributed by atoms with Gasteiger partial charge in [-0.15, -0.1) is 0 Å². The molecule has 2 amide bonds. The van der Waals surface area contributed by atoms with Crippen LogP contribution in [0.2, 0.25) is 0 Å². The molecular formula is C16H25N3O2. The number of hydrogen-bond acceptors (Lipinski definition) is 3. The number of aromatic nitrogens is 1. The Bertz CT molecular complexity index is 434. The number of amides is 2. The summed E-state index contributed by atoms with van der Waals surface area (Å²) in [5, 5.41) is 2.69. The van der Waals surface area contributed by atoms with Crippen LogP contribution in [0.5, 0.6) is 0 Å². The number of nitrogens with two attached hydrogens (primary N) is 1. The van der Waals surface area contributed by atoms with Crippen LogP contribution in [0.15, 0.2) is 24.5 Å². The van der Waals surface area contributed by atoms with Crippen LogP contribution in [-0.4, -0.2) is 22.8 Å². The van der Waals surface area contributed by atoms with Crippen LogP contribution in [0, 0.1) is 0 Å². The molecule has 1 atom stereocenters. The predicted molar refractivity (Wildman–Crippen MR) is 82.7 cm³/mol. The van der Waals surface area contributed by atoms with E-state index < -0.39 is 11.9 Å². The van der Waals surface area contributed by atoms with Crippen molar-refractivity contribution < 1.29 is 9.59 Å². The highest BCUT2D eigenvalue weighted by molar-refractivity contribution is 5.97. The van der Waals surface area contributed by atoms with Crippen molar-refractivity contribution in [2.45, 2.75) is 57.9 Å². The predicted octanol–water partition coefficient (Wildman–Crippen LogP) is 2.42. The number of pyridine rings is 1. The molecule has 0 aliphatic rings. The van der Waals surface area contributed by atoms with E-state index >= 15 is 0 Å². The fraction of sp³-hybridized carbons (Fsp3) is 0.562. The third kappa shape index (κ3) is 6.88. The van der Waals surface area contributed by atoms with Crippen molar-refractivity contribution in [3.05, 3.63) is 30.1 Å². The SMILES string of the molecule is CCCCCCCC[C@H](NC(=O)c1ccncc1)C(N)=O. The molecule has 0 aliphatic carbocycles. The monoisotopic (exact) mass is 291 g/mol. The maximum atomic E-state index is 12.0. The van der Waals surface area contributed by atoms with Gasteiger partial charge in [-0.25, -0.2) is 0 Å². The van der Waals surface area contributed by atoms with Crippen LogP contribution < -0.4 is 11.1 Å². The molecule has 1 aromatic heterocycles. The molecule has 0 aliphatic heterocycles. The molecule has 116 valence electrons. The maximum Gasteiger partial charge on any atom is 0.252 e. The lowest BCUT2D eigenvalue weighted by atomic mass is 10.0. The van der Waals surface area contributed by atoms with Crippen molar-refractivity contribution >= 4 is 11.8 Å². The number of nitrogens with zero attached hydrogens (tertiary/aromatic N) is 1. The second-order valence-corrected chi connectivity index (χ2v) is 5.22. The van der Waals surface area contributed by atoms with E-state index in [0.29, 0.717) is 12.0 Å². The van der Waals surface area contributed by atoms with Crippen molar-refractivity contribution in [1.82, 2.24) is 10.3 Å². The average Bonchev–Trinajstić information content (AvgIpc) is 2.50. The van der Waals surface area contributed by atoms with E-state index in [0.717, 1.165) is 19.3 Å².